The van der Waals surface area contributed by atoms with E-state index in [-0.39, 0.29) is 0 Å². The number of anilines is 1. The molecule has 0 spiro atoms. The monoisotopic (exact) mass is 195 g/mol. The van der Waals surface area contributed by atoms with Crippen LogP contribution in [0.15, 0.2) is 11.1 Å². The van der Waals surface area contributed by atoms with Crippen LogP contribution >= 0.6 is 11.8 Å². The number of hydrogen-bond acceptors (Lipinski definition) is 4. The van der Waals surface area contributed by atoms with Gasteiger partial charge in [-0.3, -0.25) is 0 Å². The van der Waals surface area contributed by atoms with Crippen LogP contribution in [0.1, 0.15) is 18.4 Å². The molecule has 3 nitrogen and oxygen atoms in total. The summed E-state index contributed by atoms with van der Waals surface area (Å²) in [7, 11) is 0. The molecule has 0 saturated heterocycles. The number of aromatic nitrogens is 2. The van der Waals surface area contributed by atoms with E-state index in [1.54, 1.807) is 11.8 Å². The molecule has 1 N–H and O–H groups in total. The van der Waals surface area contributed by atoms with Gasteiger partial charge < -0.3 is 5.32 Å². The Kier molecular flexibility index (Phi) is 2.68. The first kappa shape index (κ1) is 8.81. The fourth-order valence-electron chi connectivity index (χ4n) is 1.50. The van der Waals surface area contributed by atoms with Gasteiger partial charge in [-0.15, -0.1) is 22.0 Å². The molecule has 0 saturated carbocycles. The topological polar surface area (TPSA) is 37.8 Å². The summed E-state index contributed by atoms with van der Waals surface area (Å²) < 4.78 is 0. The van der Waals surface area contributed by atoms with E-state index < -0.39 is 0 Å². The van der Waals surface area contributed by atoms with E-state index in [9.17, 15) is 0 Å². The van der Waals surface area contributed by atoms with Crippen LogP contribution < -0.4 is 5.32 Å². The number of aryl methyl sites for hydroxylation is 1. The molecule has 0 aromatic carbocycles. The third kappa shape index (κ3) is 1.94. The van der Waals surface area contributed by atoms with Crippen molar-refractivity contribution in [2.45, 2.75) is 24.3 Å². The van der Waals surface area contributed by atoms with Gasteiger partial charge in [-0.2, -0.15) is 0 Å². The Morgan fingerprint density at radius 3 is 3.15 bits per heavy atom. The number of hydrogen-bond donors (Lipinski definition) is 1. The maximum Gasteiger partial charge on any atom is 0.151 e. The Morgan fingerprint density at radius 2 is 2.31 bits per heavy atom. The van der Waals surface area contributed by atoms with Gasteiger partial charge in [0, 0.05) is 6.54 Å². The predicted octanol–water partition coefficient (Wildman–Crippen LogP) is 1.95. The molecule has 1 aliphatic rings. The van der Waals surface area contributed by atoms with Gasteiger partial charge in [0.2, 0.25) is 0 Å². The fourth-order valence-corrected chi connectivity index (χ4v) is 1.88. The van der Waals surface area contributed by atoms with Crippen molar-refractivity contribution in [2.24, 2.45) is 0 Å². The van der Waals surface area contributed by atoms with Crippen molar-refractivity contribution in [3.8, 4) is 0 Å². The molecule has 2 heterocycles. The van der Waals surface area contributed by atoms with Gasteiger partial charge in [-0.1, -0.05) is 0 Å². The van der Waals surface area contributed by atoms with Gasteiger partial charge in [-0.25, -0.2) is 0 Å². The lowest BCUT2D eigenvalue weighted by Gasteiger charge is -2.05. The second-order valence-corrected chi connectivity index (χ2v) is 3.97. The molecule has 0 atom stereocenters. The van der Waals surface area contributed by atoms with Gasteiger partial charge in [0.15, 0.2) is 5.82 Å². The van der Waals surface area contributed by atoms with E-state index in [1.807, 2.05) is 6.26 Å². The quantitative estimate of drug-likeness (QED) is 0.695. The van der Waals surface area contributed by atoms with E-state index >= 15 is 0 Å². The Hall–Kier alpha value is -0.770. The first-order valence-corrected chi connectivity index (χ1v) is 5.77. The maximum absolute atomic E-state index is 4.17. The Balaban J connectivity index is 2.32. The summed E-state index contributed by atoms with van der Waals surface area (Å²) in [5, 5.41) is 12.6. The molecule has 1 aliphatic heterocycles. The summed E-state index contributed by atoms with van der Waals surface area (Å²) in [6.45, 7) is 1.03. The largest absolute Gasteiger partial charge is 0.368 e. The minimum atomic E-state index is 0.982. The normalized spacial score (nSPS) is 15.8. The minimum Gasteiger partial charge on any atom is -0.368 e. The molecule has 0 unspecified atom stereocenters. The summed E-state index contributed by atoms with van der Waals surface area (Å²) in [4.78, 5) is 0. The zero-order chi connectivity index (χ0) is 9.10. The van der Waals surface area contributed by atoms with Crippen LogP contribution in [0, 0.1) is 0 Å². The lowest BCUT2D eigenvalue weighted by Crippen LogP contribution is -2.03. The van der Waals surface area contributed by atoms with Crippen molar-refractivity contribution in [1.82, 2.24) is 10.2 Å². The van der Waals surface area contributed by atoms with Crippen molar-refractivity contribution in [2.75, 3.05) is 18.1 Å². The summed E-state index contributed by atoms with van der Waals surface area (Å²) in [5.41, 5.74) is 1.32. The Morgan fingerprint density at radius 1 is 1.38 bits per heavy atom. The predicted molar refractivity (Wildman–Crippen MR) is 55.2 cm³/mol. The van der Waals surface area contributed by atoms with Crippen molar-refractivity contribution >= 4 is 17.6 Å². The molecular weight excluding hydrogens is 182 g/mol. The summed E-state index contributed by atoms with van der Waals surface area (Å²) in [5.74, 6) is 0.982. The highest BCUT2D eigenvalue weighted by atomic mass is 32.2. The van der Waals surface area contributed by atoms with Crippen molar-refractivity contribution in [3.05, 3.63) is 11.6 Å². The standard InChI is InChI=1S/C9H13N3S/c1-13-8-6-7-4-2-3-5-10-9(7)12-11-8/h6H,2-5H2,1H3,(H,10,12). The number of fused-ring (bicyclic) bond motifs is 1. The Bertz CT molecular complexity index is 301. The van der Waals surface area contributed by atoms with Crippen LogP contribution in [0.25, 0.3) is 0 Å². The summed E-state index contributed by atoms with van der Waals surface area (Å²) in [6.07, 6.45) is 5.64. The van der Waals surface area contributed by atoms with Crippen LogP contribution in [0.2, 0.25) is 0 Å². The zero-order valence-corrected chi connectivity index (χ0v) is 8.52. The third-order valence-electron chi connectivity index (χ3n) is 2.22. The van der Waals surface area contributed by atoms with Crippen LogP contribution in [0.3, 0.4) is 0 Å². The first-order valence-electron chi connectivity index (χ1n) is 4.54. The smallest absolute Gasteiger partial charge is 0.151 e. The van der Waals surface area contributed by atoms with Gasteiger partial charge in [0.25, 0.3) is 0 Å². The van der Waals surface area contributed by atoms with E-state index in [4.69, 9.17) is 0 Å². The molecule has 13 heavy (non-hydrogen) atoms. The van der Waals surface area contributed by atoms with E-state index in [1.165, 1.54) is 18.4 Å². The van der Waals surface area contributed by atoms with Crippen LogP contribution in [0.5, 0.6) is 0 Å². The number of nitrogens with zero attached hydrogens (tertiary/aromatic N) is 2. The van der Waals surface area contributed by atoms with Crippen molar-refractivity contribution in [1.29, 1.82) is 0 Å². The second-order valence-electron chi connectivity index (χ2n) is 3.14. The highest BCUT2D eigenvalue weighted by Gasteiger charge is 2.09. The number of rotatable bonds is 1. The van der Waals surface area contributed by atoms with Gasteiger partial charge in [-0.05, 0) is 37.1 Å². The van der Waals surface area contributed by atoms with Crippen LogP contribution in [0.4, 0.5) is 5.82 Å². The molecule has 4 heteroatoms. The molecule has 1 aromatic rings. The SMILES string of the molecule is CSc1cc2c(nn1)NCCCC2. The van der Waals surface area contributed by atoms with Gasteiger partial charge >= 0.3 is 0 Å². The van der Waals surface area contributed by atoms with E-state index in [0.29, 0.717) is 0 Å². The molecule has 1 aromatic heterocycles. The van der Waals surface area contributed by atoms with Crippen molar-refractivity contribution in [3.63, 3.8) is 0 Å². The lowest BCUT2D eigenvalue weighted by atomic mass is 10.1. The Labute approximate surface area is 82.3 Å². The summed E-state index contributed by atoms with van der Waals surface area (Å²) in [6, 6.07) is 2.14. The second kappa shape index (κ2) is 3.96. The fraction of sp³-hybridized carbons (Fsp3) is 0.556. The molecular formula is C9H13N3S. The number of nitrogens with one attached hydrogen (secondary N) is 1. The third-order valence-corrected chi connectivity index (χ3v) is 2.84. The molecule has 0 aliphatic carbocycles. The van der Waals surface area contributed by atoms with Crippen molar-refractivity contribution < 1.29 is 0 Å². The molecule has 2 rings (SSSR count). The van der Waals surface area contributed by atoms with Gasteiger partial charge in [0.1, 0.15) is 5.03 Å². The zero-order valence-electron chi connectivity index (χ0n) is 7.71. The highest BCUT2D eigenvalue weighted by molar-refractivity contribution is 7.98. The minimum absolute atomic E-state index is 0.982. The van der Waals surface area contributed by atoms with E-state index in [0.717, 1.165) is 23.8 Å². The average Bonchev–Trinajstić information content (AvgIpc) is 2.41. The molecule has 0 fully saturated rings. The molecule has 0 amide bonds. The maximum atomic E-state index is 4.17. The van der Waals surface area contributed by atoms with Crippen LogP contribution in [-0.4, -0.2) is 23.0 Å². The molecule has 0 radical (unpaired) electrons. The summed E-state index contributed by atoms with van der Waals surface area (Å²) >= 11 is 1.65. The number of thioether (sulfide) groups is 1. The van der Waals surface area contributed by atoms with Crippen LogP contribution in [-0.2, 0) is 6.42 Å². The van der Waals surface area contributed by atoms with Gasteiger partial charge in [0.05, 0.1) is 0 Å². The molecule has 0 bridgehead atoms. The average molecular weight is 195 g/mol. The first-order chi connectivity index (χ1) is 6.40. The lowest BCUT2D eigenvalue weighted by molar-refractivity contribution is 0.783. The molecule has 70 valence electrons. The van der Waals surface area contributed by atoms with E-state index in [2.05, 4.69) is 21.6 Å². The highest BCUT2D eigenvalue weighted by Crippen LogP contribution is 2.21.